The monoisotopic (exact) mass is 297 g/mol. The van der Waals surface area contributed by atoms with Crippen LogP contribution in [0.25, 0.3) is 0 Å². The van der Waals surface area contributed by atoms with Crippen LogP contribution in [0.4, 0.5) is 0 Å². The van der Waals surface area contributed by atoms with Crippen molar-refractivity contribution in [3.63, 3.8) is 0 Å². The zero-order valence-electron chi connectivity index (χ0n) is 11.4. The Hall–Kier alpha value is -1.37. The highest BCUT2D eigenvalue weighted by Crippen LogP contribution is 2.33. The van der Waals surface area contributed by atoms with Crippen LogP contribution in [0.15, 0.2) is 35.7 Å². The Balaban J connectivity index is 2.39. The second kappa shape index (κ2) is 5.95. The summed E-state index contributed by atoms with van der Waals surface area (Å²) in [7, 11) is -2.08. The first-order valence-corrected chi connectivity index (χ1v) is 7.89. The van der Waals surface area contributed by atoms with Crippen LogP contribution in [0.2, 0.25) is 0 Å². The summed E-state index contributed by atoms with van der Waals surface area (Å²) in [6.07, 6.45) is 3.36. The number of benzene rings is 1. The summed E-state index contributed by atoms with van der Waals surface area (Å²) in [5, 5.41) is 9.30. The Morgan fingerprint density at radius 3 is 2.70 bits per heavy atom. The molecule has 0 aromatic heterocycles. The molecule has 1 aliphatic carbocycles. The van der Waals surface area contributed by atoms with E-state index in [2.05, 4.69) is 6.58 Å². The van der Waals surface area contributed by atoms with E-state index < -0.39 is 10.0 Å². The minimum atomic E-state index is -3.56. The van der Waals surface area contributed by atoms with Gasteiger partial charge in [-0.1, -0.05) is 6.08 Å². The van der Waals surface area contributed by atoms with E-state index in [1.165, 1.54) is 23.5 Å². The second-order valence-corrected chi connectivity index (χ2v) is 6.62. The lowest BCUT2D eigenvalue weighted by atomic mass is 10.2. The maximum absolute atomic E-state index is 12.6. The van der Waals surface area contributed by atoms with Crippen LogP contribution in [0.5, 0.6) is 5.75 Å². The number of ether oxygens (including phenoxy) is 1. The molecule has 2 rings (SSSR count). The zero-order chi connectivity index (χ0) is 14.8. The molecular weight excluding hydrogens is 278 g/mol. The molecule has 0 unspecified atom stereocenters. The van der Waals surface area contributed by atoms with Crippen molar-refractivity contribution < 1.29 is 18.3 Å². The SMILES string of the molecule is C=CCN(C1CC1)S(=O)(=O)c1ccc(OC)c(CO)c1. The highest BCUT2D eigenvalue weighted by atomic mass is 32.2. The zero-order valence-corrected chi connectivity index (χ0v) is 12.3. The Bertz CT molecular complexity index is 593. The van der Waals surface area contributed by atoms with Gasteiger partial charge in [0.2, 0.25) is 10.0 Å². The van der Waals surface area contributed by atoms with Crippen molar-refractivity contribution in [2.45, 2.75) is 30.4 Å². The van der Waals surface area contributed by atoms with Crippen molar-refractivity contribution in [2.75, 3.05) is 13.7 Å². The summed E-state index contributed by atoms with van der Waals surface area (Å²) in [6, 6.07) is 4.60. The molecule has 1 aromatic carbocycles. The first kappa shape index (κ1) is 15.0. The third-order valence-corrected chi connectivity index (χ3v) is 5.21. The van der Waals surface area contributed by atoms with Crippen molar-refractivity contribution in [3.05, 3.63) is 36.4 Å². The van der Waals surface area contributed by atoms with Crippen LogP contribution >= 0.6 is 0 Å². The molecule has 6 heteroatoms. The molecule has 0 radical (unpaired) electrons. The van der Waals surface area contributed by atoms with Crippen molar-refractivity contribution in [3.8, 4) is 5.75 Å². The van der Waals surface area contributed by atoms with E-state index in [1.807, 2.05) is 0 Å². The van der Waals surface area contributed by atoms with E-state index >= 15 is 0 Å². The first-order chi connectivity index (χ1) is 9.54. The van der Waals surface area contributed by atoms with Crippen molar-refractivity contribution in [1.82, 2.24) is 4.31 Å². The lowest BCUT2D eigenvalue weighted by molar-refractivity contribution is 0.273. The maximum Gasteiger partial charge on any atom is 0.243 e. The van der Waals surface area contributed by atoms with Gasteiger partial charge in [-0.3, -0.25) is 0 Å². The molecule has 0 heterocycles. The largest absolute Gasteiger partial charge is 0.496 e. The number of rotatable bonds is 7. The van der Waals surface area contributed by atoms with Gasteiger partial charge in [0.25, 0.3) is 0 Å². The third kappa shape index (κ3) is 2.87. The van der Waals surface area contributed by atoms with Gasteiger partial charge in [0.1, 0.15) is 5.75 Å². The Kier molecular flexibility index (Phi) is 4.47. The summed E-state index contributed by atoms with van der Waals surface area (Å²) in [4.78, 5) is 0.177. The molecule has 110 valence electrons. The number of hydrogen-bond acceptors (Lipinski definition) is 4. The minimum absolute atomic E-state index is 0.0673. The molecular formula is C14H19NO4S. The van der Waals surface area contributed by atoms with Gasteiger partial charge < -0.3 is 9.84 Å². The van der Waals surface area contributed by atoms with Crippen LogP contribution in [-0.2, 0) is 16.6 Å². The van der Waals surface area contributed by atoms with Gasteiger partial charge >= 0.3 is 0 Å². The summed E-state index contributed by atoms with van der Waals surface area (Å²) >= 11 is 0. The first-order valence-electron chi connectivity index (χ1n) is 6.45. The molecule has 1 aliphatic rings. The van der Waals surface area contributed by atoms with Gasteiger partial charge in [0.05, 0.1) is 18.6 Å². The van der Waals surface area contributed by atoms with Crippen LogP contribution in [-0.4, -0.2) is 37.5 Å². The van der Waals surface area contributed by atoms with Crippen molar-refractivity contribution in [2.24, 2.45) is 0 Å². The lowest BCUT2D eigenvalue weighted by Gasteiger charge is -2.21. The van der Waals surface area contributed by atoms with Gasteiger partial charge in [-0.05, 0) is 31.0 Å². The number of hydrogen-bond donors (Lipinski definition) is 1. The maximum atomic E-state index is 12.6. The molecule has 1 aromatic rings. The molecule has 1 fully saturated rings. The Labute approximate surface area is 119 Å². The smallest absolute Gasteiger partial charge is 0.243 e. The topological polar surface area (TPSA) is 66.8 Å². The molecule has 0 aliphatic heterocycles. The molecule has 0 atom stereocenters. The van der Waals surface area contributed by atoms with E-state index in [-0.39, 0.29) is 17.5 Å². The van der Waals surface area contributed by atoms with Crippen molar-refractivity contribution >= 4 is 10.0 Å². The number of nitrogens with zero attached hydrogens (tertiary/aromatic N) is 1. The predicted octanol–water partition coefficient (Wildman–Crippen LogP) is 1.53. The van der Waals surface area contributed by atoms with Crippen LogP contribution in [0.1, 0.15) is 18.4 Å². The van der Waals surface area contributed by atoms with Gasteiger partial charge in [-0.2, -0.15) is 4.31 Å². The van der Waals surface area contributed by atoms with E-state index in [9.17, 15) is 13.5 Å². The number of sulfonamides is 1. The fourth-order valence-electron chi connectivity index (χ4n) is 2.11. The fourth-order valence-corrected chi connectivity index (χ4v) is 3.81. The fraction of sp³-hybridized carbons (Fsp3) is 0.429. The van der Waals surface area contributed by atoms with E-state index in [0.717, 1.165) is 12.8 Å². The van der Waals surface area contributed by atoms with Gasteiger partial charge in [-0.25, -0.2) is 8.42 Å². The molecule has 5 nitrogen and oxygen atoms in total. The van der Waals surface area contributed by atoms with Gasteiger partial charge in [0, 0.05) is 18.2 Å². The molecule has 0 spiro atoms. The van der Waals surface area contributed by atoms with Gasteiger partial charge in [-0.15, -0.1) is 6.58 Å². The molecule has 20 heavy (non-hydrogen) atoms. The summed E-state index contributed by atoms with van der Waals surface area (Å²) in [5.41, 5.74) is 0.461. The lowest BCUT2D eigenvalue weighted by Crippen LogP contribution is -2.33. The van der Waals surface area contributed by atoms with E-state index in [0.29, 0.717) is 17.9 Å². The van der Waals surface area contributed by atoms with E-state index in [4.69, 9.17) is 4.74 Å². The quantitative estimate of drug-likeness (QED) is 0.775. The van der Waals surface area contributed by atoms with Crippen LogP contribution in [0, 0.1) is 0 Å². The number of methoxy groups -OCH3 is 1. The Morgan fingerprint density at radius 1 is 1.50 bits per heavy atom. The molecule has 0 saturated heterocycles. The number of aliphatic hydroxyl groups excluding tert-OH is 1. The second-order valence-electron chi connectivity index (χ2n) is 4.73. The molecule has 0 amide bonds. The van der Waals surface area contributed by atoms with E-state index in [1.54, 1.807) is 12.1 Å². The highest BCUT2D eigenvalue weighted by molar-refractivity contribution is 7.89. The van der Waals surface area contributed by atoms with Gasteiger partial charge in [0.15, 0.2) is 0 Å². The summed E-state index contributed by atoms with van der Waals surface area (Å²) in [5.74, 6) is 0.480. The van der Waals surface area contributed by atoms with Crippen molar-refractivity contribution in [1.29, 1.82) is 0 Å². The average Bonchev–Trinajstić information content (AvgIpc) is 3.28. The molecule has 1 N–H and O–H groups in total. The minimum Gasteiger partial charge on any atom is -0.496 e. The molecule has 0 bridgehead atoms. The average molecular weight is 297 g/mol. The highest BCUT2D eigenvalue weighted by Gasteiger charge is 2.37. The summed E-state index contributed by atoms with van der Waals surface area (Å²) in [6.45, 7) is 3.65. The summed E-state index contributed by atoms with van der Waals surface area (Å²) < 4.78 is 31.8. The van der Waals surface area contributed by atoms with Crippen LogP contribution < -0.4 is 4.74 Å². The molecule has 1 saturated carbocycles. The van der Waals surface area contributed by atoms with Crippen LogP contribution in [0.3, 0.4) is 0 Å². The predicted molar refractivity (Wildman–Crippen MR) is 76.0 cm³/mol. The third-order valence-electron chi connectivity index (χ3n) is 3.29. The normalized spacial score (nSPS) is 15.3. The standard InChI is InChI=1S/C14H19NO4S/c1-3-8-15(12-4-5-12)20(17,18)13-6-7-14(19-2)11(9-13)10-16/h3,6-7,9,12,16H,1,4-5,8,10H2,2H3. The Morgan fingerprint density at radius 2 is 2.20 bits per heavy atom. The number of aliphatic hydroxyl groups is 1.